The molecule has 0 fully saturated rings. The average molecular weight is 327 g/mol. The van der Waals surface area contributed by atoms with E-state index in [1.165, 1.54) is 29.9 Å². The van der Waals surface area contributed by atoms with E-state index in [-0.39, 0.29) is 17.8 Å². The molecule has 0 radical (unpaired) electrons. The van der Waals surface area contributed by atoms with Gasteiger partial charge in [0.05, 0.1) is 34.8 Å². The van der Waals surface area contributed by atoms with Crippen LogP contribution in [0.4, 0.5) is 13.2 Å². The van der Waals surface area contributed by atoms with E-state index in [1.54, 1.807) is 6.92 Å². The Kier molecular flexibility index (Phi) is 4.74. The number of halogens is 3. The van der Waals surface area contributed by atoms with Crippen LogP contribution in [0.3, 0.4) is 0 Å². The van der Waals surface area contributed by atoms with Crippen molar-refractivity contribution < 1.29 is 23.1 Å². The summed E-state index contributed by atoms with van der Waals surface area (Å²) in [6.07, 6.45) is -3.86. The van der Waals surface area contributed by atoms with E-state index in [9.17, 15) is 18.0 Å². The molecule has 1 atom stereocenters. The van der Waals surface area contributed by atoms with Gasteiger partial charge in [-0.05, 0) is 32.0 Å². The number of aromatic nitrogens is 2. The summed E-state index contributed by atoms with van der Waals surface area (Å²) in [4.78, 5) is 12.0. The van der Waals surface area contributed by atoms with Crippen molar-refractivity contribution in [2.45, 2.75) is 26.1 Å². The molecule has 2 N–H and O–H groups in total. The molecule has 0 saturated carbocycles. The molecular formula is C15H16F3N3O2. The van der Waals surface area contributed by atoms with Crippen molar-refractivity contribution in [3.8, 4) is 5.69 Å². The second kappa shape index (κ2) is 6.41. The van der Waals surface area contributed by atoms with Gasteiger partial charge in [0, 0.05) is 6.54 Å². The third kappa shape index (κ3) is 3.89. The molecule has 0 aliphatic rings. The largest absolute Gasteiger partial charge is 0.416 e. The predicted molar refractivity (Wildman–Crippen MR) is 77.3 cm³/mol. The fraction of sp³-hybridized carbons (Fsp3) is 0.333. The molecule has 8 heteroatoms. The topological polar surface area (TPSA) is 67.2 Å². The molecule has 1 aromatic heterocycles. The highest BCUT2D eigenvalue weighted by Crippen LogP contribution is 2.30. The number of carbonyl (C=O) groups excluding carboxylic acids is 1. The molecule has 2 aromatic rings. The highest BCUT2D eigenvalue weighted by molar-refractivity contribution is 5.95. The van der Waals surface area contributed by atoms with Crippen LogP contribution in [0, 0.1) is 6.92 Å². The third-order valence-corrected chi connectivity index (χ3v) is 3.23. The Bertz CT molecular complexity index is 708. The van der Waals surface area contributed by atoms with Gasteiger partial charge in [0.1, 0.15) is 0 Å². The second-order valence-corrected chi connectivity index (χ2v) is 5.16. The monoisotopic (exact) mass is 327 g/mol. The summed E-state index contributed by atoms with van der Waals surface area (Å²) in [6.45, 7) is 3.19. The van der Waals surface area contributed by atoms with Gasteiger partial charge in [0.2, 0.25) is 0 Å². The minimum Gasteiger partial charge on any atom is -0.392 e. The molecule has 23 heavy (non-hydrogen) atoms. The van der Waals surface area contributed by atoms with E-state index >= 15 is 0 Å². The number of benzene rings is 1. The zero-order valence-corrected chi connectivity index (χ0v) is 12.6. The van der Waals surface area contributed by atoms with Gasteiger partial charge in [-0.2, -0.15) is 18.3 Å². The van der Waals surface area contributed by atoms with E-state index < -0.39 is 23.8 Å². The fourth-order valence-electron chi connectivity index (χ4n) is 2.04. The summed E-state index contributed by atoms with van der Waals surface area (Å²) in [7, 11) is 0. The van der Waals surface area contributed by atoms with Gasteiger partial charge in [-0.3, -0.25) is 4.79 Å². The van der Waals surface area contributed by atoms with Crippen molar-refractivity contribution in [3.05, 3.63) is 47.3 Å². The van der Waals surface area contributed by atoms with E-state index in [4.69, 9.17) is 5.11 Å². The highest BCUT2D eigenvalue weighted by atomic mass is 19.4. The number of nitrogens with one attached hydrogen (secondary N) is 1. The molecule has 0 bridgehead atoms. The number of hydrogen-bond donors (Lipinski definition) is 2. The Morgan fingerprint density at radius 2 is 2.13 bits per heavy atom. The van der Waals surface area contributed by atoms with Crippen LogP contribution in [0.15, 0.2) is 30.5 Å². The normalized spacial score (nSPS) is 13.0. The summed E-state index contributed by atoms with van der Waals surface area (Å²) in [5.41, 5.74) is 0.0763. The molecule has 1 aromatic carbocycles. The lowest BCUT2D eigenvalue weighted by Crippen LogP contribution is -2.30. The van der Waals surface area contributed by atoms with Crippen LogP contribution in [-0.4, -0.2) is 33.4 Å². The smallest absolute Gasteiger partial charge is 0.392 e. The number of carbonyl (C=O) groups is 1. The van der Waals surface area contributed by atoms with E-state index in [2.05, 4.69) is 10.4 Å². The van der Waals surface area contributed by atoms with Crippen LogP contribution < -0.4 is 5.32 Å². The number of hydrogen-bond acceptors (Lipinski definition) is 3. The number of amides is 1. The Morgan fingerprint density at radius 3 is 2.74 bits per heavy atom. The zero-order valence-electron chi connectivity index (χ0n) is 12.6. The Labute approximate surface area is 130 Å². The maximum atomic E-state index is 12.8. The molecule has 124 valence electrons. The summed E-state index contributed by atoms with van der Waals surface area (Å²) in [6, 6.07) is 4.70. The lowest BCUT2D eigenvalue weighted by molar-refractivity contribution is -0.137. The van der Waals surface area contributed by atoms with Crippen LogP contribution >= 0.6 is 0 Å². The van der Waals surface area contributed by atoms with Crippen molar-refractivity contribution in [1.82, 2.24) is 15.1 Å². The van der Waals surface area contributed by atoms with Crippen molar-refractivity contribution in [1.29, 1.82) is 0 Å². The zero-order chi connectivity index (χ0) is 17.2. The summed E-state index contributed by atoms with van der Waals surface area (Å²) in [5.74, 6) is -0.443. The highest BCUT2D eigenvalue weighted by Gasteiger charge is 2.30. The first kappa shape index (κ1) is 17.0. The summed E-state index contributed by atoms with van der Waals surface area (Å²) in [5, 5.41) is 15.7. The van der Waals surface area contributed by atoms with Gasteiger partial charge in [0.15, 0.2) is 0 Å². The van der Waals surface area contributed by atoms with Crippen LogP contribution in [0.2, 0.25) is 0 Å². The van der Waals surface area contributed by atoms with Gasteiger partial charge in [0.25, 0.3) is 5.91 Å². The maximum Gasteiger partial charge on any atom is 0.416 e. The molecule has 1 unspecified atom stereocenters. The van der Waals surface area contributed by atoms with Gasteiger partial charge in [-0.25, -0.2) is 4.68 Å². The summed E-state index contributed by atoms with van der Waals surface area (Å²) < 4.78 is 39.6. The molecular weight excluding hydrogens is 311 g/mol. The first-order valence-corrected chi connectivity index (χ1v) is 6.88. The Balaban J connectivity index is 2.31. The molecule has 0 spiro atoms. The van der Waals surface area contributed by atoms with Crippen molar-refractivity contribution in [2.75, 3.05) is 6.54 Å². The van der Waals surface area contributed by atoms with E-state index in [0.717, 1.165) is 12.1 Å². The van der Waals surface area contributed by atoms with Crippen molar-refractivity contribution in [2.24, 2.45) is 0 Å². The molecule has 1 heterocycles. The third-order valence-electron chi connectivity index (χ3n) is 3.23. The molecule has 5 nitrogen and oxygen atoms in total. The maximum absolute atomic E-state index is 12.8. The van der Waals surface area contributed by atoms with Crippen LogP contribution in [0.5, 0.6) is 0 Å². The number of aliphatic hydroxyl groups is 1. The lowest BCUT2D eigenvalue weighted by atomic mass is 10.2. The SMILES string of the molecule is Cc1c(C(=O)NCC(C)O)cnn1-c1cccc(C(F)(F)F)c1. The van der Waals surface area contributed by atoms with Gasteiger partial charge in [-0.1, -0.05) is 6.07 Å². The number of aliphatic hydroxyl groups excluding tert-OH is 1. The van der Waals surface area contributed by atoms with Gasteiger partial charge >= 0.3 is 6.18 Å². The Hall–Kier alpha value is -2.35. The standard InChI is InChI=1S/C15H16F3N3O2/c1-9(22)7-19-14(23)13-8-20-21(10(13)2)12-5-3-4-11(6-12)15(16,17)18/h3-6,8-9,22H,7H2,1-2H3,(H,19,23). The first-order valence-electron chi connectivity index (χ1n) is 6.88. The molecule has 1 amide bonds. The van der Waals surface area contributed by atoms with Crippen LogP contribution in [0.1, 0.15) is 28.5 Å². The van der Waals surface area contributed by atoms with E-state index in [0.29, 0.717) is 5.69 Å². The van der Waals surface area contributed by atoms with Crippen molar-refractivity contribution >= 4 is 5.91 Å². The molecule has 0 saturated heterocycles. The summed E-state index contributed by atoms with van der Waals surface area (Å²) >= 11 is 0. The molecule has 0 aliphatic carbocycles. The first-order chi connectivity index (χ1) is 10.7. The van der Waals surface area contributed by atoms with E-state index in [1.807, 2.05) is 0 Å². The molecule has 0 aliphatic heterocycles. The minimum absolute atomic E-state index is 0.0764. The van der Waals surface area contributed by atoms with Crippen LogP contribution in [0.25, 0.3) is 5.69 Å². The lowest BCUT2D eigenvalue weighted by Gasteiger charge is -2.10. The predicted octanol–water partition coefficient (Wildman–Crippen LogP) is 2.31. The minimum atomic E-state index is -4.45. The Morgan fingerprint density at radius 1 is 1.43 bits per heavy atom. The second-order valence-electron chi connectivity index (χ2n) is 5.16. The average Bonchev–Trinajstić information content (AvgIpc) is 2.86. The van der Waals surface area contributed by atoms with Gasteiger partial charge < -0.3 is 10.4 Å². The van der Waals surface area contributed by atoms with Crippen molar-refractivity contribution in [3.63, 3.8) is 0 Å². The number of nitrogens with zero attached hydrogens (tertiary/aromatic N) is 2. The van der Waals surface area contributed by atoms with Gasteiger partial charge in [-0.15, -0.1) is 0 Å². The number of alkyl halides is 3. The van der Waals surface area contributed by atoms with Crippen LogP contribution in [-0.2, 0) is 6.18 Å². The number of rotatable bonds is 4. The fourth-order valence-corrected chi connectivity index (χ4v) is 2.04. The molecule has 2 rings (SSSR count). The quantitative estimate of drug-likeness (QED) is 0.905.